The van der Waals surface area contributed by atoms with E-state index < -0.39 is 0 Å². The molecule has 36 heavy (non-hydrogen) atoms. The second-order valence-corrected chi connectivity index (χ2v) is 9.54. The zero-order valence-electron chi connectivity index (χ0n) is 21.1. The predicted molar refractivity (Wildman–Crippen MR) is 142 cm³/mol. The number of nitrogens with one attached hydrogen (secondary N) is 1. The van der Waals surface area contributed by atoms with Gasteiger partial charge in [0.1, 0.15) is 0 Å². The van der Waals surface area contributed by atoms with Gasteiger partial charge in [-0.3, -0.25) is 4.79 Å². The minimum Gasteiger partial charge on any atom is -0.449 e. The molecule has 2 aromatic heterocycles. The molecule has 0 unspecified atom stereocenters. The van der Waals surface area contributed by atoms with Crippen LogP contribution >= 0.6 is 0 Å². The third kappa shape index (κ3) is 4.65. The number of ether oxygens (including phenoxy) is 1. The third-order valence-corrected chi connectivity index (χ3v) is 7.00. The predicted octanol–water partition coefficient (Wildman–Crippen LogP) is 5.69. The molecule has 0 radical (unpaired) electrons. The molecule has 1 aliphatic rings. The van der Waals surface area contributed by atoms with E-state index in [0.717, 1.165) is 46.1 Å². The Labute approximate surface area is 211 Å². The van der Waals surface area contributed by atoms with Crippen LogP contribution in [0.25, 0.3) is 33.1 Å². The largest absolute Gasteiger partial charge is 0.449 e. The van der Waals surface area contributed by atoms with Crippen molar-refractivity contribution >= 4 is 33.8 Å². The van der Waals surface area contributed by atoms with Gasteiger partial charge in [-0.1, -0.05) is 25.5 Å². The lowest BCUT2D eigenvalue weighted by atomic mass is 10.0. The van der Waals surface area contributed by atoms with E-state index in [2.05, 4.69) is 50.0 Å². The number of hydrogen-bond acceptors (Lipinski definition) is 4. The van der Waals surface area contributed by atoms with Crippen molar-refractivity contribution in [1.29, 1.82) is 0 Å². The summed E-state index contributed by atoms with van der Waals surface area (Å²) < 4.78 is 5.31. The molecule has 186 valence electrons. The maximum absolute atomic E-state index is 13.3. The lowest BCUT2D eigenvalue weighted by Crippen LogP contribution is -2.50. The van der Waals surface area contributed by atoms with Crippen molar-refractivity contribution in [2.75, 3.05) is 32.8 Å². The van der Waals surface area contributed by atoms with Crippen molar-refractivity contribution in [3.63, 3.8) is 0 Å². The number of H-pyrrole nitrogens is 1. The molecule has 1 fully saturated rings. The van der Waals surface area contributed by atoms with Crippen LogP contribution in [-0.4, -0.2) is 64.6 Å². The highest BCUT2D eigenvalue weighted by molar-refractivity contribution is 5.99. The van der Waals surface area contributed by atoms with Gasteiger partial charge in [0.15, 0.2) is 0 Å². The van der Waals surface area contributed by atoms with Crippen molar-refractivity contribution < 1.29 is 14.3 Å². The average Bonchev–Trinajstić information content (AvgIpc) is 3.28. The molecule has 2 aromatic carbocycles. The number of hydrogen-bond donors (Lipinski definition) is 1. The molecule has 4 aromatic rings. The average molecular weight is 485 g/mol. The zero-order valence-corrected chi connectivity index (χ0v) is 21.1. The number of pyridine rings is 1. The first-order chi connectivity index (χ1) is 17.4. The molecule has 7 heteroatoms. The van der Waals surface area contributed by atoms with E-state index in [1.165, 1.54) is 10.9 Å². The van der Waals surface area contributed by atoms with Crippen LogP contribution in [0, 0.1) is 13.8 Å². The number of aromatic nitrogens is 2. The van der Waals surface area contributed by atoms with Gasteiger partial charge in [-0.05, 0) is 61.7 Å². The number of carbonyl (C=O) groups is 2. The number of amides is 2. The van der Waals surface area contributed by atoms with Gasteiger partial charge in [-0.15, -0.1) is 0 Å². The number of carbonyl (C=O) groups excluding carboxylic acids is 2. The molecule has 7 nitrogen and oxygen atoms in total. The summed E-state index contributed by atoms with van der Waals surface area (Å²) in [6.45, 7) is 8.61. The summed E-state index contributed by atoms with van der Waals surface area (Å²) in [5.41, 5.74) is 6.79. The third-order valence-electron chi connectivity index (χ3n) is 7.00. The van der Waals surface area contributed by atoms with Gasteiger partial charge >= 0.3 is 6.09 Å². The van der Waals surface area contributed by atoms with E-state index in [9.17, 15) is 9.59 Å². The molecular formula is C29H32N4O3. The van der Waals surface area contributed by atoms with E-state index in [1.807, 2.05) is 24.4 Å². The fourth-order valence-corrected chi connectivity index (χ4v) is 4.77. The molecule has 0 bridgehead atoms. The van der Waals surface area contributed by atoms with E-state index >= 15 is 0 Å². The normalized spacial score (nSPS) is 14.0. The zero-order chi connectivity index (χ0) is 25.2. The summed E-state index contributed by atoms with van der Waals surface area (Å²) in [7, 11) is 0. The summed E-state index contributed by atoms with van der Waals surface area (Å²) in [5, 5.41) is 2.22. The SMILES string of the molecule is CCCCOC(=O)N1CCN(C(=O)c2ccc3c(C)cc(-c4ccc5[nH]cc(C)c5c4)nc3c2)CC1. The second-order valence-electron chi connectivity index (χ2n) is 9.54. The van der Waals surface area contributed by atoms with Gasteiger partial charge < -0.3 is 19.5 Å². The Balaban J connectivity index is 1.35. The van der Waals surface area contributed by atoms with Gasteiger partial charge in [0.05, 0.1) is 17.8 Å². The highest BCUT2D eigenvalue weighted by Gasteiger charge is 2.26. The van der Waals surface area contributed by atoms with Gasteiger partial charge in [-0.2, -0.15) is 0 Å². The molecule has 3 heterocycles. The first-order valence-electron chi connectivity index (χ1n) is 12.6. The van der Waals surface area contributed by atoms with Gasteiger partial charge in [0, 0.05) is 59.8 Å². The number of piperazine rings is 1. The van der Waals surface area contributed by atoms with Crippen molar-refractivity contribution in [1.82, 2.24) is 19.8 Å². The number of benzene rings is 2. The summed E-state index contributed by atoms with van der Waals surface area (Å²) >= 11 is 0. The maximum Gasteiger partial charge on any atom is 0.409 e. The fourth-order valence-electron chi connectivity index (χ4n) is 4.77. The van der Waals surface area contributed by atoms with Crippen LogP contribution in [0.1, 0.15) is 41.3 Å². The summed E-state index contributed by atoms with van der Waals surface area (Å²) in [6, 6.07) is 14.2. The smallest absolute Gasteiger partial charge is 0.409 e. The summed E-state index contributed by atoms with van der Waals surface area (Å²) in [5.74, 6) is -0.0369. The molecule has 1 N–H and O–H groups in total. The minimum atomic E-state index is -0.290. The Morgan fingerprint density at radius 1 is 0.944 bits per heavy atom. The molecule has 0 aliphatic carbocycles. The fraction of sp³-hybridized carbons (Fsp3) is 0.345. The Morgan fingerprint density at radius 3 is 2.50 bits per heavy atom. The minimum absolute atomic E-state index is 0.0369. The highest BCUT2D eigenvalue weighted by atomic mass is 16.6. The van der Waals surface area contributed by atoms with Crippen LogP contribution in [0.4, 0.5) is 4.79 Å². The van der Waals surface area contributed by atoms with Crippen LogP contribution in [0.2, 0.25) is 0 Å². The van der Waals surface area contributed by atoms with E-state index in [-0.39, 0.29) is 12.0 Å². The molecule has 5 rings (SSSR count). The second kappa shape index (κ2) is 10.0. The van der Waals surface area contributed by atoms with Crippen molar-refractivity contribution in [2.24, 2.45) is 0 Å². The standard InChI is InChI=1S/C29H32N4O3/c1-4-5-14-36-29(35)33-12-10-32(11-13-33)28(34)22-6-8-23-19(2)15-26(31-27(23)17-22)21-7-9-25-24(16-21)20(3)18-30-25/h6-9,15-18,30H,4-5,10-14H2,1-3H3. The number of aryl methyl sites for hydroxylation is 2. The van der Waals surface area contributed by atoms with Gasteiger partial charge in [0.25, 0.3) is 5.91 Å². The summed E-state index contributed by atoms with van der Waals surface area (Å²) in [4.78, 5) is 37.2. The van der Waals surface area contributed by atoms with Gasteiger partial charge in [0.2, 0.25) is 0 Å². The van der Waals surface area contributed by atoms with E-state index in [0.29, 0.717) is 38.3 Å². The molecule has 2 amide bonds. The lowest BCUT2D eigenvalue weighted by molar-refractivity contribution is 0.0558. The van der Waals surface area contributed by atoms with Crippen LogP contribution in [0.3, 0.4) is 0 Å². The Hall–Kier alpha value is -3.87. The van der Waals surface area contributed by atoms with Crippen molar-refractivity contribution in [3.8, 4) is 11.3 Å². The number of aromatic amines is 1. The lowest BCUT2D eigenvalue weighted by Gasteiger charge is -2.34. The highest BCUT2D eigenvalue weighted by Crippen LogP contribution is 2.29. The van der Waals surface area contributed by atoms with E-state index in [4.69, 9.17) is 9.72 Å². The van der Waals surface area contributed by atoms with Crippen LogP contribution in [0.15, 0.2) is 48.7 Å². The number of nitrogens with zero attached hydrogens (tertiary/aromatic N) is 3. The Morgan fingerprint density at radius 2 is 1.72 bits per heavy atom. The number of rotatable bonds is 5. The Kier molecular flexibility index (Phi) is 6.63. The van der Waals surface area contributed by atoms with Crippen molar-refractivity contribution in [2.45, 2.75) is 33.6 Å². The van der Waals surface area contributed by atoms with E-state index in [1.54, 1.807) is 9.80 Å². The molecule has 1 saturated heterocycles. The maximum atomic E-state index is 13.3. The molecule has 1 aliphatic heterocycles. The topological polar surface area (TPSA) is 78.5 Å². The number of unbranched alkanes of at least 4 members (excludes halogenated alkanes) is 1. The molecule has 0 spiro atoms. The quantitative estimate of drug-likeness (QED) is 0.369. The first kappa shape index (κ1) is 23.9. The number of fused-ring (bicyclic) bond motifs is 2. The van der Waals surface area contributed by atoms with Gasteiger partial charge in [-0.25, -0.2) is 9.78 Å². The molecule has 0 atom stereocenters. The van der Waals surface area contributed by atoms with Crippen LogP contribution in [-0.2, 0) is 4.74 Å². The first-order valence-corrected chi connectivity index (χ1v) is 12.6. The van der Waals surface area contributed by atoms with Crippen molar-refractivity contribution in [3.05, 3.63) is 65.4 Å². The monoisotopic (exact) mass is 484 g/mol. The van der Waals surface area contributed by atoms with Crippen LogP contribution in [0.5, 0.6) is 0 Å². The molecular weight excluding hydrogens is 452 g/mol. The van der Waals surface area contributed by atoms with Crippen LogP contribution < -0.4 is 0 Å². The summed E-state index contributed by atoms with van der Waals surface area (Å²) in [6.07, 6.45) is 3.57. The molecule has 0 saturated carbocycles. The Bertz CT molecular complexity index is 1430.